The molecule has 0 radical (unpaired) electrons. The van der Waals surface area contributed by atoms with Crippen molar-refractivity contribution in [3.05, 3.63) is 60.2 Å². The van der Waals surface area contributed by atoms with Crippen LogP contribution >= 0.6 is 0 Å². The summed E-state index contributed by atoms with van der Waals surface area (Å²) in [6, 6.07) is 19.4. The van der Waals surface area contributed by atoms with Crippen molar-refractivity contribution < 1.29 is 4.74 Å². The minimum atomic E-state index is 0.696. The van der Waals surface area contributed by atoms with Gasteiger partial charge < -0.3 is 4.74 Å². The molecular formula is C19H20O. The van der Waals surface area contributed by atoms with Crippen molar-refractivity contribution in [3.8, 4) is 0 Å². The van der Waals surface area contributed by atoms with Gasteiger partial charge in [-0.2, -0.15) is 0 Å². The van der Waals surface area contributed by atoms with Crippen LogP contribution in [0.3, 0.4) is 0 Å². The second-order valence-electron chi connectivity index (χ2n) is 5.20. The highest BCUT2D eigenvalue weighted by molar-refractivity contribution is 6.02. The molecule has 0 aliphatic heterocycles. The van der Waals surface area contributed by atoms with Crippen molar-refractivity contribution in [2.75, 3.05) is 6.61 Å². The van der Waals surface area contributed by atoms with Gasteiger partial charge in [0.05, 0.1) is 6.61 Å². The van der Waals surface area contributed by atoms with E-state index >= 15 is 0 Å². The Morgan fingerprint density at radius 3 is 2.05 bits per heavy atom. The highest BCUT2D eigenvalue weighted by Crippen LogP contribution is 2.28. The second-order valence-corrected chi connectivity index (χ2v) is 5.20. The molecule has 0 N–H and O–H groups in total. The molecule has 0 unspecified atom stereocenters. The summed E-state index contributed by atoms with van der Waals surface area (Å²) in [7, 11) is 0. The summed E-state index contributed by atoms with van der Waals surface area (Å²) in [4.78, 5) is 0. The summed E-state index contributed by atoms with van der Waals surface area (Å²) >= 11 is 0. The summed E-state index contributed by atoms with van der Waals surface area (Å²) in [5.41, 5.74) is 1.31. The topological polar surface area (TPSA) is 9.23 Å². The summed E-state index contributed by atoms with van der Waals surface area (Å²) in [5, 5.41) is 5.20. The zero-order valence-electron chi connectivity index (χ0n) is 11.9. The van der Waals surface area contributed by atoms with E-state index in [-0.39, 0.29) is 0 Å². The molecule has 0 bridgehead atoms. The van der Waals surface area contributed by atoms with Crippen molar-refractivity contribution in [3.63, 3.8) is 0 Å². The third-order valence-corrected chi connectivity index (χ3v) is 3.77. The largest absolute Gasteiger partial charge is 0.377 e. The molecule has 1 heteroatoms. The molecule has 3 aromatic carbocycles. The van der Waals surface area contributed by atoms with Crippen LogP contribution in [-0.2, 0) is 11.3 Å². The molecule has 0 saturated carbocycles. The smallest absolute Gasteiger partial charge is 0.0728 e. The first-order chi connectivity index (χ1) is 9.90. The van der Waals surface area contributed by atoms with E-state index < -0.39 is 0 Å². The average Bonchev–Trinajstić information content (AvgIpc) is 2.50. The lowest BCUT2D eigenvalue weighted by Crippen LogP contribution is -1.97. The Balaban J connectivity index is 2.08. The van der Waals surface area contributed by atoms with Crippen LogP contribution in [0.25, 0.3) is 21.5 Å². The van der Waals surface area contributed by atoms with Gasteiger partial charge in [0.25, 0.3) is 0 Å². The predicted molar refractivity (Wildman–Crippen MR) is 86.0 cm³/mol. The molecule has 0 fully saturated rings. The molecule has 3 aromatic rings. The van der Waals surface area contributed by atoms with Crippen molar-refractivity contribution in [2.45, 2.75) is 26.4 Å². The van der Waals surface area contributed by atoms with E-state index in [0.29, 0.717) is 6.61 Å². The van der Waals surface area contributed by atoms with Gasteiger partial charge in [0.15, 0.2) is 0 Å². The van der Waals surface area contributed by atoms with Crippen LogP contribution in [0.5, 0.6) is 0 Å². The Morgan fingerprint density at radius 2 is 1.45 bits per heavy atom. The molecule has 20 heavy (non-hydrogen) atoms. The number of rotatable bonds is 5. The van der Waals surface area contributed by atoms with E-state index in [0.717, 1.165) is 13.0 Å². The molecule has 0 aliphatic carbocycles. The molecular weight excluding hydrogens is 244 g/mol. The van der Waals surface area contributed by atoms with E-state index in [1.807, 2.05) is 0 Å². The highest BCUT2D eigenvalue weighted by Gasteiger charge is 2.07. The predicted octanol–water partition coefficient (Wildman–Crippen LogP) is 5.31. The van der Waals surface area contributed by atoms with Crippen molar-refractivity contribution in [1.82, 2.24) is 0 Å². The van der Waals surface area contributed by atoms with Crippen molar-refractivity contribution in [2.24, 2.45) is 0 Å². The third kappa shape index (κ3) is 2.54. The summed E-state index contributed by atoms with van der Waals surface area (Å²) in [6.45, 7) is 3.73. The highest BCUT2D eigenvalue weighted by atomic mass is 16.5. The SMILES string of the molecule is CCCCOCc1c2ccccc2cc2ccccc12. The number of unbranched alkanes of at least 4 members (excludes halogenated alkanes) is 1. The minimum absolute atomic E-state index is 0.696. The van der Waals surface area contributed by atoms with E-state index in [4.69, 9.17) is 4.74 Å². The Hall–Kier alpha value is -1.86. The maximum absolute atomic E-state index is 5.88. The van der Waals surface area contributed by atoms with Gasteiger partial charge >= 0.3 is 0 Å². The number of hydrogen-bond acceptors (Lipinski definition) is 1. The van der Waals surface area contributed by atoms with Gasteiger partial charge in [0, 0.05) is 6.61 Å². The Morgan fingerprint density at radius 1 is 0.850 bits per heavy atom. The second kappa shape index (κ2) is 6.06. The van der Waals surface area contributed by atoms with E-state index in [1.54, 1.807) is 0 Å². The maximum Gasteiger partial charge on any atom is 0.0728 e. The minimum Gasteiger partial charge on any atom is -0.377 e. The normalized spacial score (nSPS) is 11.2. The van der Waals surface area contributed by atoms with E-state index in [1.165, 1.54) is 33.5 Å². The fourth-order valence-corrected chi connectivity index (χ4v) is 2.68. The fraction of sp³-hybridized carbons (Fsp3) is 0.263. The number of hydrogen-bond donors (Lipinski definition) is 0. The standard InChI is InChI=1S/C19H20O/c1-2-3-12-20-14-19-17-10-6-4-8-15(17)13-16-9-5-7-11-18(16)19/h4-11,13H,2-3,12,14H2,1H3. The van der Waals surface area contributed by atoms with Crippen LogP contribution in [0.15, 0.2) is 54.6 Å². The molecule has 0 spiro atoms. The molecule has 0 atom stereocenters. The van der Waals surface area contributed by atoms with Crippen LogP contribution in [0.4, 0.5) is 0 Å². The molecule has 0 heterocycles. The summed E-state index contributed by atoms with van der Waals surface area (Å²) in [5.74, 6) is 0. The van der Waals surface area contributed by atoms with Crippen LogP contribution in [0.2, 0.25) is 0 Å². The Labute approximate surface area is 120 Å². The van der Waals surface area contributed by atoms with Crippen LogP contribution in [0, 0.1) is 0 Å². The van der Waals surface area contributed by atoms with Crippen molar-refractivity contribution in [1.29, 1.82) is 0 Å². The fourth-order valence-electron chi connectivity index (χ4n) is 2.68. The van der Waals surface area contributed by atoms with Crippen LogP contribution < -0.4 is 0 Å². The lowest BCUT2D eigenvalue weighted by molar-refractivity contribution is 0.119. The van der Waals surface area contributed by atoms with Gasteiger partial charge in [-0.05, 0) is 39.6 Å². The molecule has 0 aromatic heterocycles. The molecule has 0 aliphatic rings. The first-order valence-electron chi connectivity index (χ1n) is 7.37. The van der Waals surface area contributed by atoms with Crippen LogP contribution in [-0.4, -0.2) is 6.61 Å². The Kier molecular flexibility index (Phi) is 3.98. The first kappa shape index (κ1) is 13.1. The molecule has 1 nitrogen and oxygen atoms in total. The van der Waals surface area contributed by atoms with Gasteiger partial charge in [0.1, 0.15) is 0 Å². The van der Waals surface area contributed by atoms with Crippen LogP contribution in [0.1, 0.15) is 25.3 Å². The Bertz CT molecular complexity index is 661. The molecule has 0 amide bonds. The van der Waals surface area contributed by atoms with Crippen molar-refractivity contribution >= 4 is 21.5 Å². The maximum atomic E-state index is 5.88. The summed E-state index contributed by atoms with van der Waals surface area (Å²) in [6.07, 6.45) is 2.30. The zero-order valence-corrected chi connectivity index (χ0v) is 11.9. The van der Waals surface area contributed by atoms with E-state index in [2.05, 4.69) is 61.5 Å². The lowest BCUT2D eigenvalue weighted by atomic mass is 9.97. The number of ether oxygens (including phenoxy) is 1. The number of fused-ring (bicyclic) bond motifs is 2. The van der Waals surface area contributed by atoms with Gasteiger partial charge in [-0.25, -0.2) is 0 Å². The molecule has 3 rings (SSSR count). The van der Waals surface area contributed by atoms with Gasteiger partial charge in [-0.1, -0.05) is 61.9 Å². The van der Waals surface area contributed by atoms with Gasteiger partial charge in [-0.3, -0.25) is 0 Å². The molecule has 0 saturated heterocycles. The monoisotopic (exact) mass is 264 g/mol. The van der Waals surface area contributed by atoms with Gasteiger partial charge in [0.2, 0.25) is 0 Å². The average molecular weight is 264 g/mol. The number of benzene rings is 3. The first-order valence-corrected chi connectivity index (χ1v) is 7.37. The summed E-state index contributed by atoms with van der Waals surface area (Å²) < 4.78 is 5.88. The lowest BCUT2D eigenvalue weighted by Gasteiger charge is -2.12. The van der Waals surface area contributed by atoms with E-state index in [9.17, 15) is 0 Å². The molecule has 102 valence electrons. The quantitative estimate of drug-likeness (QED) is 0.448. The third-order valence-electron chi connectivity index (χ3n) is 3.77. The van der Waals surface area contributed by atoms with Gasteiger partial charge in [-0.15, -0.1) is 0 Å². The zero-order chi connectivity index (χ0) is 13.8.